The third kappa shape index (κ3) is 3.30. The van der Waals surface area contributed by atoms with Crippen LogP contribution in [-0.4, -0.2) is 43.5 Å². The van der Waals surface area contributed by atoms with E-state index in [0.29, 0.717) is 4.21 Å². The average Bonchev–Trinajstić information content (AvgIpc) is 3.26. The Bertz CT molecular complexity index is 917. The van der Waals surface area contributed by atoms with Gasteiger partial charge in [0.1, 0.15) is 5.82 Å². The lowest BCUT2D eigenvalue weighted by atomic mass is 10.1. The lowest BCUT2D eigenvalue weighted by molar-refractivity contribution is 0.419. The molecule has 3 aromatic heterocycles. The first kappa shape index (κ1) is 16.6. The fourth-order valence-corrected chi connectivity index (χ4v) is 5.29. The molecule has 1 saturated heterocycles. The number of fused-ring (bicyclic) bond motifs is 1. The largest absolute Gasteiger partial charge is 0.592 e. The molecule has 0 aliphatic carbocycles. The maximum atomic E-state index is 12.3. The molecular weight excluding hydrogens is 360 g/mol. The van der Waals surface area contributed by atoms with Gasteiger partial charge in [0, 0.05) is 19.2 Å². The second-order valence-electron chi connectivity index (χ2n) is 6.02. The van der Waals surface area contributed by atoms with Gasteiger partial charge in [0.25, 0.3) is 0 Å². The van der Waals surface area contributed by atoms with E-state index in [2.05, 4.69) is 24.9 Å². The Morgan fingerprint density at radius 1 is 1.28 bits per heavy atom. The SMILES string of the molecule is Cc1nnc2ccc(N3CCC(N[S+](=O)([O-])c4cccs4)CC3)nn12. The summed E-state index contributed by atoms with van der Waals surface area (Å²) in [4.78, 5) is 2.16. The molecule has 0 saturated carbocycles. The molecule has 10 heteroatoms. The van der Waals surface area contributed by atoms with Gasteiger partial charge in [-0.15, -0.1) is 20.0 Å². The smallest absolute Gasteiger partial charge is 0.228 e. The summed E-state index contributed by atoms with van der Waals surface area (Å²) < 4.78 is 29.6. The highest BCUT2D eigenvalue weighted by molar-refractivity contribution is 7.97. The second-order valence-corrected chi connectivity index (χ2v) is 8.91. The molecule has 3 aromatic rings. The monoisotopic (exact) mass is 378 g/mol. The number of rotatable bonds is 4. The van der Waals surface area contributed by atoms with E-state index < -0.39 is 10.4 Å². The quantitative estimate of drug-likeness (QED) is 0.693. The first-order valence-electron chi connectivity index (χ1n) is 8.03. The molecule has 0 spiro atoms. The number of piperidine rings is 1. The Kier molecular flexibility index (Phi) is 4.28. The minimum Gasteiger partial charge on any atom is -0.592 e. The molecule has 132 valence electrons. The van der Waals surface area contributed by atoms with Gasteiger partial charge >= 0.3 is 0 Å². The summed E-state index contributed by atoms with van der Waals surface area (Å²) in [5.74, 6) is 1.60. The third-order valence-corrected chi connectivity index (χ3v) is 7.22. The molecule has 0 amide bonds. The van der Waals surface area contributed by atoms with Crippen molar-refractivity contribution >= 4 is 33.2 Å². The Morgan fingerprint density at radius 3 is 2.80 bits per heavy atom. The van der Waals surface area contributed by atoms with Crippen molar-refractivity contribution in [3.8, 4) is 0 Å². The standard InChI is InChI=1S/C15H18N6O2S2/c1-11-16-17-13-4-5-14(18-21(11)13)20-8-6-12(7-9-20)19-25(22,23)15-3-2-10-24-15/h2-5,10,12H,6-9H2,1H3,(H-,19,22,23). The maximum Gasteiger partial charge on any atom is 0.228 e. The zero-order valence-electron chi connectivity index (χ0n) is 13.7. The summed E-state index contributed by atoms with van der Waals surface area (Å²) in [5, 5.41) is 14.4. The minimum absolute atomic E-state index is 0.0521. The van der Waals surface area contributed by atoms with Gasteiger partial charge in [-0.3, -0.25) is 0 Å². The van der Waals surface area contributed by atoms with Crippen molar-refractivity contribution in [2.24, 2.45) is 0 Å². The number of sulfonamides is 1. The van der Waals surface area contributed by atoms with Crippen molar-refractivity contribution < 1.29 is 8.76 Å². The Hall–Kier alpha value is -1.88. The van der Waals surface area contributed by atoms with Gasteiger partial charge in [-0.25, -0.2) is 0 Å². The number of aryl methyl sites for hydroxylation is 1. The van der Waals surface area contributed by atoms with E-state index in [1.54, 1.807) is 22.0 Å². The van der Waals surface area contributed by atoms with Crippen molar-refractivity contribution in [1.29, 1.82) is 0 Å². The van der Waals surface area contributed by atoms with Crippen molar-refractivity contribution in [2.45, 2.75) is 30.0 Å². The Morgan fingerprint density at radius 2 is 2.08 bits per heavy atom. The number of nitrogens with zero attached hydrogens (tertiary/aromatic N) is 5. The summed E-state index contributed by atoms with van der Waals surface area (Å²) in [6.07, 6.45) is 1.48. The molecule has 4 rings (SSSR count). The highest BCUT2D eigenvalue weighted by Crippen LogP contribution is 2.24. The number of thiophene rings is 1. The predicted octanol–water partition coefficient (Wildman–Crippen LogP) is 1.66. The first-order valence-corrected chi connectivity index (χ1v) is 10.4. The normalized spacial score (nSPS) is 18.6. The van der Waals surface area contributed by atoms with Crippen LogP contribution >= 0.6 is 11.3 Å². The van der Waals surface area contributed by atoms with E-state index in [4.69, 9.17) is 0 Å². The number of nitrogens with one attached hydrogen (secondary N) is 1. The van der Waals surface area contributed by atoms with E-state index in [0.717, 1.165) is 43.2 Å². The van der Waals surface area contributed by atoms with Gasteiger partial charge in [-0.2, -0.15) is 4.52 Å². The van der Waals surface area contributed by atoms with Crippen molar-refractivity contribution in [3.05, 3.63) is 35.5 Å². The van der Waals surface area contributed by atoms with Crippen LogP contribution in [-0.2, 0) is 14.6 Å². The molecular formula is C15H18N6O2S2. The summed E-state index contributed by atoms with van der Waals surface area (Å²) in [6, 6.07) is 7.15. The van der Waals surface area contributed by atoms with E-state index >= 15 is 0 Å². The van der Waals surface area contributed by atoms with Crippen molar-refractivity contribution in [2.75, 3.05) is 18.0 Å². The maximum absolute atomic E-state index is 12.3. The lowest BCUT2D eigenvalue weighted by Gasteiger charge is -2.33. The van der Waals surface area contributed by atoms with Gasteiger partial charge in [0.15, 0.2) is 21.9 Å². The van der Waals surface area contributed by atoms with Crippen LogP contribution in [0.2, 0.25) is 0 Å². The number of hydrogen-bond acceptors (Lipinski definition) is 7. The molecule has 0 bridgehead atoms. The molecule has 0 radical (unpaired) electrons. The van der Waals surface area contributed by atoms with Crippen LogP contribution in [0, 0.1) is 6.92 Å². The first-order chi connectivity index (χ1) is 12.0. The van der Waals surface area contributed by atoms with E-state index in [1.165, 1.54) is 11.3 Å². The molecule has 1 fully saturated rings. The van der Waals surface area contributed by atoms with Gasteiger partial charge < -0.3 is 9.45 Å². The molecule has 8 nitrogen and oxygen atoms in total. The van der Waals surface area contributed by atoms with Crippen LogP contribution in [0.5, 0.6) is 0 Å². The molecule has 0 aromatic carbocycles. The molecule has 1 N–H and O–H groups in total. The van der Waals surface area contributed by atoms with Crippen LogP contribution in [0.15, 0.2) is 33.9 Å². The predicted molar refractivity (Wildman–Crippen MR) is 95.3 cm³/mol. The highest BCUT2D eigenvalue weighted by atomic mass is 32.3. The molecule has 1 unspecified atom stereocenters. The van der Waals surface area contributed by atoms with Gasteiger partial charge in [0.2, 0.25) is 4.21 Å². The van der Waals surface area contributed by atoms with Crippen LogP contribution in [0.3, 0.4) is 0 Å². The molecule has 4 heterocycles. The Balaban J connectivity index is 1.42. The topological polar surface area (TPSA) is 98.5 Å². The fraction of sp³-hybridized carbons (Fsp3) is 0.400. The zero-order chi connectivity index (χ0) is 17.4. The molecule has 1 aliphatic heterocycles. The van der Waals surface area contributed by atoms with Crippen molar-refractivity contribution in [1.82, 2.24) is 24.5 Å². The summed E-state index contributed by atoms with van der Waals surface area (Å²) in [7, 11) is -3.41. The van der Waals surface area contributed by atoms with Crippen LogP contribution in [0.4, 0.5) is 5.82 Å². The van der Waals surface area contributed by atoms with E-state index in [-0.39, 0.29) is 6.04 Å². The van der Waals surface area contributed by atoms with Gasteiger partial charge in [-0.1, -0.05) is 15.5 Å². The molecule has 1 aliphatic rings. The fourth-order valence-electron chi connectivity index (χ4n) is 2.98. The average molecular weight is 378 g/mol. The van der Waals surface area contributed by atoms with E-state index in [1.807, 2.05) is 19.1 Å². The van der Waals surface area contributed by atoms with Crippen molar-refractivity contribution in [3.63, 3.8) is 0 Å². The summed E-state index contributed by atoms with van der Waals surface area (Å²) in [5.41, 5.74) is 0.722. The van der Waals surface area contributed by atoms with E-state index in [9.17, 15) is 8.76 Å². The number of aromatic nitrogens is 4. The second kappa shape index (κ2) is 6.45. The summed E-state index contributed by atoms with van der Waals surface area (Å²) in [6.45, 7) is 3.36. The van der Waals surface area contributed by atoms with Crippen LogP contribution in [0.25, 0.3) is 5.65 Å². The molecule has 1 atom stereocenters. The zero-order valence-corrected chi connectivity index (χ0v) is 15.3. The number of hydrogen-bond donors (Lipinski definition) is 1. The summed E-state index contributed by atoms with van der Waals surface area (Å²) >= 11 is 1.23. The minimum atomic E-state index is -3.41. The van der Waals surface area contributed by atoms with Crippen LogP contribution < -0.4 is 9.62 Å². The lowest BCUT2D eigenvalue weighted by Crippen LogP contribution is -2.46. The van der Waals surface area contributed by atoms with Gasteiger partial charge in [-0.05, 0) is 43.3 Å². The molecule has 25 heavy (non-hydrogen) atoms. The van der Waals surface area contributed by atoms with Crippen LogP contribution in [0.1, 0.15) is 18.7 Å². The third-order valence-electron chi connectivity index (χ3n) is 4.31. The highest BCUT2D eigenvalue weighted by Gasteiger charge is 2.29. The van der Waals surface area contributed by atoms with Gasteiger partial charge in [0.05, 0.1) is 6.04 Å². The Labute approximate surface area is 150 Å². The number of anilines is 1.